The van der Waals surface area contributed by atoms with E-state index in [0.29, 0.717) is 28.8 Å². The minimum absolute atomic E-state index is 0.201. The molecule has 0 spiro atoms. The lowest BCUT2D eigenvalue weighted by atomic mass is 10.2. The van der Waals surface area contributed by atoms with Gasteiger partial charge in [-0.1, -0.05) is 11.6 Å². The second-order valence-electron chi connectivity index (χ2n) is 7.53. The Morgan fingerprint density at radius 3 is 2.62 bits per heavy atom. The molecule has 0 atom stereocenters. The third kappa shape index (κ3) is 4.76. The first-order valence-corrected chi connectivity index (χ1v) is 10.4. The van der Waals surface area contributed by atoms with Crippen molar-refractivity contribution in [3.05, 3.63) is 64.8 Å². The monoisotopic (exact) mass is 489 g/mol. The van der Waals surface area contributed by atoms with Crippen molar-refractivity contribution < 1.29 is 22.7 Å². The maximum absolute atomic E-state index is 13.2. The van der Waals surface area contributed by atoms with Crippen molar-refractivity contribution in [3.8, 4) is 11.5 Å². The zero-order chi connectivity index (χ0) is 24.6. The van der Waals surface area contributed by atoms with E-state index in [4.69, 9.17) is 16.3 Å². The Morgan fingerprint density at radius 2 is 1.91 bits per heavy atom. The number of aryl methyl sites for hydroxylation is 2. The Hall–Kier alpha value is -3.79. The largest absolute Gasteiger partial charge is 0.457 e. The summed E-state index contributed by atoms with van der Waals surface area (Å²) in [6.45, 7) is 3.23. The van der Waals surface area contributed by atoms with Gasteiger partial charge in [0.15, 0.2) is 0 Å². The molecule has 0 radical (unpaired) electrons. The van der Waals surface area contributed by atoms with Gasteiger partial charge >= 0.3 is 6.18 Å². The van der Waals surface area contributed by atoms with Crippen LogP contribution in [0.15, 0.2) is 48.7 Å². The first-order chi connectivity index (χ1) is 16.0. The molecule has 0 saturated carbocycles. The fourth-order valence-corrected chi connectivity index (χ4v) is 3.72. The van der Waals surface area contributed by atoms with Crippen LogP contribution in [0.3, 0.4) is 0 Å². The number of pyridine rings is 1. The summed E-state index contributed by atoms with van der Waals surface area (Å²) in [6, 6.07) is 10.3. The molecule has 0 saturated heterocycles. The number of halogens is 4. The molecule has 4 aromatic rings. The van der Waals surface area contributed by atoms with Crippen LogP contribution < -0.4 is 15.4 Å². The van der Waals surface area contributed by atoms with E-state index in [0.717, 1.165) is 17.1 Å². The zero-order valence-electron chi connectivity index (χ0n) is 18.3. The maximum atomic E-state index is 13.2. The predicted molar refractivity (Wildman–Crippen MR) is 124 cm³/mol. The van der Waals surface area contributed by atoms with E-state index in [1.807, 2.05) is 6.92 Å². The standard InChI is InChI=1S/C23H19ClF3N5O2/c1-12-19(34-15-8-9-28-20(11-15)29-13(2)33)7-6-18-21(12)32(3)22(31-18)30-14-4-5-17(24)16(10-14)23(25,26)27/h4-11H,1-3H3,(H,30,31)(H,28,29,33). The minimum atomic E-state index is -4.57. The highest BCUT2D eigenvalue weighted by molar-refractivity contribution is 6.31. The van der Waals surface area contributed by atoms with Crippen molar-refractivity contribution >= 4 is 46.0 Å². The number of carbonyl (C=O) groups is 1. The maximum Gasteiger partial charge on any atom is 0.417 e. The Morgan fingerprint density at radius 1 is 1.15 bits per heavy atom. The Kier molecular flexibility index (Phi) is 6.09. The summed E-state index contributed by atoms with van der Waals surface area (Å²) in [5.74, 6) is 1.48. The number of imidazole rings is 1. The highest BCUT2D eigenvalue weighted by Gasteiger charge is 2.33. The van der Waals surface area contributed by atoms with E-state index in [1.54, 1.807) is 35.9 Å². The van der Waals surface area contributed by atoms with Gasteiger partial charge in [0, 0.05) is 37.5 Å². The number of anilines is 3. The summed E-state index contributed by atoms with van der Waals surface area (Å²) < 4.78 is 47.3. The van der Waals surface area contributed by atoms with Gasteiger partial charge in [0.05, 0.1) is 21.6 Å². The molecule has 0 aliphatic heterocycles. The average Bonchev–Trinajstić information content (AvgIpc) is 3.06. The number of rotatable bonds is 5. The number of ether oxygens (including phenoxy) is 1. The van der Waals surface area contributed by atoms with Crippen molar-refractivity contribution in [1.29, 1.82) is 0 Å². The van der Waals surface area contributed by atoms with Crippen LogP contribution in [0.2, 0.25) is 5.02 Å². The zero-order valence-corrected chi connectivity index (χ0v) is 19.0. The molecule has 0 aliphatic rings. The molecule has 0 bridgehead atoms. The molecule has 34 heavy (non-hydrogen) atoms. The third-order valence-corrected chi connectivity index (χ3v) is 5.36. The van der Waals surface area contributed by atoms with Crippen LogP contribution in [0, 0.1) is 6.92 Å². The van der Waals surface area contributed by atoms with Gasteiger partial charge in [-0.15, -0.1) is 0 Å². The molecule has 7 nitrogen and oxygen atoms in total. The van der Waals surface area contributed by atoms with Crippen LogP contribution in [0.25, 0.3) is 11.0 Å². The minimum Gasteiger partial charge on any atom is -0.457 e. The number of fused-ring (bicyclic) bond motifs is 1. The van der Waals surface area contributed by atoms with Crippen molar-refractivity contribution in [2.45, 2.75) is 20.0 Å². The van der Waals surface area contributed by atoms with Gasteiger partial charge in [0.25, 0.3) is 0 Å². The quantitative estimate of drug-likeness (QED) is 0.337. The number of benzene rings is 2. The van der Waals surface area contributed by atoms with E-state index in [-0.39, 0.29) is 16.6 Å². The molecule has 2 aromatic heterocycles. The lowest BCUT2D eigenvalue weighted by molar-refractivity contribution is -0.137. The highest BCUT2D eigenvalue weighted by Crippen LogP contribution is 2.37. The molecule has 11 heteroatoms. The molecule has 0 aliphatic carbocycles. The molecular formula is C23H19ClF3N5O2. The van der Waals surface area contributed by atoms with Crippen LogP contribution >= 0.6 is 11.6 Å². The van der Waals surface area contributed by atoms with E-state index < -0.39 is 11.7 Å². The van der Waals surface area contributed by atoms with Crippen LogP contribution in [-0.4, -0.2) is 20.4 Å². The molecule has 1 amide bonds. The van der Waals surface area contributed by atoms with E-state index in [1.165, 1.54) is 25.3 Å². The van der Waals surface area contributed by atoms with Gasteiger partial charge in [-0.3, -0.25) is 4.79 Å². The van der Waals surface area contributed by atoms with Crippen LogP contribution in [-0.2, 0) is 18.0 Å². The Labute approximate surface area is 197 Å². The molecule has 4 rings (SSSR count). The van der Waals surface area contributed by atoms with Gasteiger partial charge in [-0.05, 0) is 43.3 Å². The normalized spacial score (nSPS) is 11.5. The molecule has 2 aromatic carbocycles. The second kappa shape index (κ2) is 8.86. The number of carbonyl (C=O) groups excluding carboxylic acids is 1. The van der Waals surface area contributed by atoms with Gasteiger partial charge < -0.3 is 19.9 Å². The number of hydrogen-bond acceptors (Lipinski definition) is 5. The van der Waals surface area contributed by atoms with Crippen molar-refractivity contribution in [2.24, 2.45) is 7.05 Å². The molecule has 2 heterocycles. The van der Waals surface area contributed by atoms with E-state index in [2.05, 4.69) is 20.6 Å². The fraction of sp³-hybridized carbons (Fsp3) is 0.174. The van der Waals surface area contributed by atoms with Crippen molar-refractivity contribution in [1.82, 2.24) is 14.5 Å². The lowest BCUT2D eigenvalue weighted by Crippen LogP contribution is -2.07. The van der Waals surface area contributed by atoms with Gasteiger partial charge in [-0.2, -0.15) is 13.2 Å². The number of hydrogen-bond donors (Lipinski definition) is 2. The number of amides is 1. The molecular weight excluding hydrogens is 471 g/mol. The molecule has 176 valence electrons. The third-order valence-electron chi connectivity index (χ3n) is 5.03. The number of alkyl halides is 3. The topological polar surface area (TPSA) is 81.1 Å². The summed E-state index contributed by atoms with van der Waals surface area (Å²) in [5.41, 5.74) is 1.41. The highest BCUT2D eigenvalue weighted by atomic mass is 35.5. The van der Waals surface area contributed by atoms with Crippen LogP contribution in [0.4, 0.5) is 30.6 Å². The first kappa shape index (κ1) is 23.4. The average molecular weight is 490 g/mol. The number of nitrogens with zero attached hydrogens (tertiary/aromatic N) is 3. The van der Waals surface area contributed by atoms with Crippen molar-refractivity contribution in [3.63, 3.8) is 0 Å². The second-order valence-corrected chi connectivity index (χ2v) is 7.94. The summed E-state index contributed by atoms with van der Waals surface area (Å²) in [7, 11) is 1.75. The lowest BCUT2D eigenvalue weighted by Gasteiger charge is -2.13. The first-order valence-electron chi connectivity index (χ1n) is 10.0. The fourth-order valence-electron chi connectivity index (χ4n) is 3.50. The summed E-state index contributed by atoms with van der Waals surface area (Å²) in [5, 5.41) is 5.15. The SMILES string of the molecule is CC(=O)Nc1cc(Oc2ccc3nc(Nc4ccc(Cl)c(C(F)(F)F)c4)n(C)c3c2C)ccn1. The van der Waals surface area contributed by atoms with Gasteiger partial charge in [0.2, 0.25) is 11.9 Å². The summed E-state index contributed by atoms with van der Waals surface area (Å²) in [6.07, 6.45) is -3.06. The Bertz CT molecular complexity index is 1400. The molecule has 0 unspecified atom stereocenters. The van der Waals surface area contributed by atoms with E-state index in [9.17, 15) is 18.0 Å². The molecule has 0 fully saturated rings. The smallest absolute Gasteiger partial charge is 0.417 e. The number of aromatic nitrogens is 3. The predicted octanol–water partition coefficient (Wildman–Crippen LogP) is 6.44. The van der Waals surface area contributed by atoms with Crippen molar-refractivity contribution in [2.75, 3.05) is 10.6 Å². The van der Waals surface area contributed by atoms with Crippen LogP contribution in [0.1, 0.15) is 18.1 Å². The van der Waals surface area contributed by atoms with Crippen LogP contribution in [0.5, 0.6) is 11.5 Å². The van der Waals surface area contributed by atoms with E-state index >= 15 is 0 Å². The summed E-state index contributed by atoms with van der Waals surface area (Å²) >= 11 is 5.71. The van der Waals surface area contributed by atoms with Gasteiger partial charge in [0.1, 0.15) is 17.3 Å². The molecule has 2 N–H and O–H groups in total. The number of nitrogens with one attached hydrogen (secondary N) is 2. The summed E-state index contributed by atoms with van der Waals surface area (Å²) in [4.78, 5) is 19.8. The van der Waals surface area contributed by atoms with Gasteiger partial charge in [-0.25, -0.2) is 9.97 Å². The Balaban J connectivity index is 1.65.